The average Bonchev–Trinajstić information content (AvgIpc) is 3.18. The first-order valence-corrected chi connectivity index (χ1v) is 12.0. The summed E-state index contributed by atoms with van der Waals surface area (Å²) in [5.41, 5.74) is -1.89. The number of carbonyl (C=O) groups excluding carboxylic acids is 1. The molecule has 1 saturated carbocycles. The van der Waals surface area contributed by atoms with Gasteiger partial charge in [-0.15, -0.1) is 0 Å². The number of hydrogen-bond acceptors (Lipinski definition) is 5. The lowest BCUT2D eigenvalue weighted by Crippen LogP contribution is -2.21. The van der Waals surface area contributed by atoms with Crippen molar-refractivity contribution in [1.82, 2.24) is 9.97 Å². The van der Waals surface area contributed by atoms with Crippen LogP contribution in [0, 0.1) is 29.1 Å². The second-order valence-corrected chi connectivity index (χ2v) is 8.98. The highest BCUT2D eigenvalue weighted by atomic mass is 19.4. The molecular weight excluding hydrogens is 538 g/mol. The van der Waals surface area contributed by atoms with Gasteiger partial charge in [0.2, 0.25) is 5.82 Å². The third-order valence-electron chi connectivity index (χ3n) is 6.30. The van der Waals surface area contributed by atoms with Crippen LogP contribution in [0.1, 0.15) is 60.3 Å². The summed E-state index contributed by atoms with van der Waals surface area (Å²) in [5, 5.41) is 3.26. The minimum atomic E-state index is -4.53. The minimum Gasteiger partial charge on any atom is -0.454 e. The van der Waals surface area contributed by atoms with Gasteiger partial charge in [-0.2, -0.15) is 13.2 Å². The largest absolute Gasteiger partial charge is 0.454 e. The van der Waals surface area contributed by atoms with Gasteiger partial charge in [0.1, 0.15) is 11.4 Å². The second kappa shape index (κ2) is 11.5. The third kappa shape index (κ3) is 6.28. The summed E-state index contributed by atoms with van der Waals surface area (Å²) < 4.78 is 112. The van der Waals surface area contributed by atoms with Crippen LogP contribution in [0.5, 0.6) is 0 Å². The predicted octanol–water partition coefficient (Wildman–Crippen LogP) is 7.35. The van der Waals surface area contributed by atoms with E-state index in [4.69, 9.17) is 4.74 Å². The molecule has 3 aromatic rings. The maximum Gasteiger partial charge on any atom is 0.416 e. The zero-order valence-electron chi connectivity index (χ0n) is 20.1. The van der Waals surface area contributed by atoms with Crippen LogP contribution >= 0.6 is 0 Å². The van der Waals surface area contributed by atoms with Gasteiger partial charge in [-0.1, -0.05) is 37.8 Å². The zero-order chi connectivity index (χ0) is 28.3. The molecule has 1 heterocycles. The first-order chi connectivity index (χ1) is 18.5. The molecule has 39 heavy (non-hydrogen) atoms. The number of esters is 1. The van der Waals surface area contributed by atoms with E-state index in [1.807, 2.05) is 0 Å². The van der Waals surface area contributed by atoms with Crippen LogP contribution in [0.25, 0.3) is 11.1 Å². The van der Waals surface area contributed by atoms with Crippen LogP contribution in [0.3, 0.4) is 0 Å². The van der Waals surface area contributed by atoms with Gasteiger partial charge in [0, 0.05) is 17.8 Å². The number of rotatable bonds is 6. The molecule has 1 aliphatic carbocycles. The molecule has 0 atom stereocenters. The second-order valence-electron chi connectivity index (χ2n) is 8.98. The Labute approximate surface area is 217 Å². The number of alkyl halides is 3. The standard InChI is InChI=1S/C26H21F8N3O2/c27-19-18(20(28)22(30)23(31)21(19)29)25(38)39-12-17-35-11-16(13-7-9-14(10-8-13)26(32,33)34)24(37-17)36-15-5-3-1-2-4-6-15/h7-11,15H,1-6,12H2,(H,35,36,37). The Bertz CT molecular complexity index is 1330. The third-order valence-corrected chi connectivity index (χ3v) is 6.30. The number of benzene rings is 2. The van der Waals surface area contributed by atoms with Crippen molar-refractivity contribution in [2.75, 3.05) is 5.32 Å². The van der Waals surface area contributed by atoms with Crippen molar-refractivity contribution in [3.8, 4) is 11.1 Å². The number of nitrogens with one attached hydrogen (secondary N) is 1. The van der Waals surface area contributed by atoms with Gasteiger partial charge in [-0.3, -0.25) is 0 Å². The Morgan fingerprint density at radius 2 is 1.44 bits per heavy atom. The van der Waals surface area contributed by atoms with E-state index in [0.717, 1.165) is 50.7 Å². The van der Waals surface area contributed by atoms with Crippen LogP contribution in [-0.4, -0.2) is 22.0 Å². The number of hydrogen-bond donors (Lipinski definition) is 1. The highest BCUT2D eigenvalue weighted by Crippen LogP contribution is 2.33. The molecule has 1 N–H and O–H groups in total. The maximum atomic E-state index is 13.9. The molecule has 0 radical (unpaired) electrons. The van der Waals surface area contributed by atoms with Crippen LogP contribution in [0.15, 0.2) is 30.5 Å². The molecule has 0 amide bonds. The summed E-state index contributed by atoms with van der Waals surface area (Å²) in [5.74, 6) is -13.5. The Kier molecular flexibility index (Phi) is 8.36. The lowest BCUT2D eigenvalue weighted by Gasteiger charge is -2.20. The van der Waals surface area contributed by atoms with Crippen molar-refractivity contribution in [2.24, 2.45) is 0 Å². The van der Waals surface area contributed by atoms with Gasteiger partial charge in [-0.05, 0) is 30.5 Å². The first-order valence-electron chi connectivity index (χ1n) is 12.0. The molecular formula is C26H21F8N3O2. The van der Waals surface area contributed by atoms with Gasteiger partial charge in [0.15, 0.2) is 35.7 Å². The van der Waals surface area contributed by atoms with Crippen molar-refractivity contribution in [3.63, 3.8) is 0 Å². The van der Waals surface area contributed by atoms with Gasteiger partial charge >= 0.3 is 12.1 Å². The van der Waals surface area contributed by atoms with E-state index in [9.17, 15) is 39.9 Å². The SMILES string of the molecule is O=C(OCc1ncc(-c2ccc(C(F)(F)F)cc2)c(NC2CCCCCC2)n1)c1c(F)c(F)c(F)c(F)c1F. The Balaban J connectivity index is 1.61. The van der Waals surface area contributed by atoms with Gasteiger partial charge < -0.3 is 10.1 Å². The quantitative estimate of drug-likeness (QED) is 0.113. The lowest BCUT2D eigenvalue weighted by molar-refractivity contribution is -0.137. The average molecular weight is 559 g/mol. The first kappa shape index (κ1) is 28.2. The number of aromatic nitrogens is 2. The summed E-state index contributed by atoms with van der Waals surface area (Å²) in [6.07, 6.45) is 2.35. The molecule has 0 bridgehead atoms. The van der Waals surface area contributed by atoms with E-state index < -0.39 is 59.0 Å². The van der Waals surface area contributed by atoms with E-state index in [2.05, 4.69) is 15.3 Å². The normalized spacial score (nSPS) is 14.7. The van der Waals surface area contributed by atoms with Crippen LogP contribution < -0.4 is 5.32 Å². The number of nitrogens with zero attached hydrogens (tertiary/aromatic N) is 2. The molecule has 13 heteroatoms. The number of halogens is 8. The fourth-order valence-electron chi connectivity index (χ4n) is 4.25. The van der Waals surface area contributed by atoms with Crippen molar-refractivity contribution in [2.45, 2.75) is 57.3 Å². The van der Waals surface area contributed by atoms with E-state index in [-0.39, 0.29) is 17.7 Å². The minimum absolute atomic E-state index is 0.0145. The van der Waals surface area contributed by atoms with Gasteiger partial charge in [-0.25, -0.2) is 36.7 Å². The fourth-order valence-corrected chi connectivity index (χ4v) is 4.25. The van der Waals surface area contributed by atoms with Crippen molar-refractivity contribution < 1.29 is 44.7 Å². The number of ether oxygens (including phenoxy) is 1. The highest BCUT2D eigenvalue weighted by Gasteiger charge is 2.32. The molecule has 1 aromatic heterocycles. The monoisotopic (exact) mass is 559 g/mol. The van der Waals surface area contributed by atoms with Gasteiger partial charge in [0.25, 0.3) is 0 Å². The van der Waals surface area contributed by atoms with Crippen LogP contribution in [0.4, 0.5) is 40.9 Å². The molecule has 4 rings (SSSR count). The van der Waals surface area contributed by atoms with E-state index >= 15 is 0 Å². The van der Waals surface area contributed by atoms with Gasteiger partial charge in [0.05, 0.1) is 5.56 Å². The number of anilines is 1. The molecule has 2 aromatic carbocycles. The summed E-state index contributed by atoms with van der Waals surface area (Å²) in [6.45, 7) is -0.787. The van der Waals surface area contributed by atoms with E-state index in [1.54, 1.807) is 0 Å². The number of carbonyl (C=O) groups is 1. The molecule has 208 valence electrons. The van der Waals surface area contributed by atoms with E-state index in [1.165, 1.54) is 18.3 Å². The molecule has 1 fully saturated rings. The molecule has 0 aliphatic heterocycles. The van der Waals surface area contributed by atoms with Crippen molar-refractivity contribution in [3.05, 3.63) is 76.5 Å². The predicted molar refractivity (Wildman–Crippen MR) is 123 cm³/mol. The topological polar surface area (TPSA) is 64.1 Å². The summed E-state index contributed by atoms with van der Waals surface area (Å²) in [6, 6.07) is 4.31. The van der Waals surface area contributed by atoms with Crippen LogP contribution in [-0.2, 0) is 17.5 Å². The van der Waals surface area contributed by atoms with E-state index in [0.29, 0.717) is 11.1 Å². The van der Waals surface area contributed by atoms with Crippen molar-refractivity contribution >= 4 is 11.8 Å². The fraction of sp³-hybridized carbons (Fsp3) is 0.346. The summed E-state index contributed by atoms with van der Waals surface area (Å²) >= 11 is 0. The Hall–Kier alpha value is -3.77. The Morgan fingerprint density at radius 1 is 0.872 bits per heavy atom. The highest BCUT2D eigenvalue weighted by molar-refractivity contribution is 5.90. The Morgan fingerprint density at radius 3 is 2.00 bits per heavy atom. The smallest absolute Gasteiger partial charge is 0.416 e. The molecule has 0 unspecified atom stereocenters. The molecule has 0 spiro atoms. The molecule has 1 aliphatic rings. The van der Waals surface area contributed by atoms with Crippen LogP contribution in [0.2, 0.25) is 0 Å². The summed E-state index contributed by atoms with van der Waals surface area (Å²) in [4.78, 5) is 20.5. The maximum absolute atomic E-state index is 13.9. The zero-order valence-corrected chi connectivity index (χ0v) is 20.1. The molecule has 0 saturated heterocycles. The van der Waals surface area contributed by atoms with Crippen molar-refractivity contribution in [1.29, 1.82) is 0 Å². The summed E-state index contributed by atoms with van der Waals surface area (Å²) in [7, 11) is 0. The molecule has 5 nitrogen and oxygen atoms in total. The lowest BCUT2D eigenvalue weighted by atomic mass is 10.0.